The number of nitrogens with one attached hydrogen (secondary N) is 1. The molecule has 0 bridgehead atoms. The van der Waals surface area contributed by atoms with Crippen LogP contribution < -0.4 is 11.2 Å². The third kappa shape index (κ3) is 4.39. The van der Waals surface area contributed by atoms with Gasteiger partial charge in [0.15, 0.2) is 5.82 Å². The predicted molar refractivity (Wildman–Crippen MR) is 94.3 cm³/mol. The van der Waals surface area contributed by atoms with Crippen LogP contribution in [0.2, 0.25) is 5.02 Å². The molecule has 0 radical (unpaired) electrons. The van der Waals surface area contributed by atoms with E-state index < -0.39 is 0 Å². The van der Waals surface area contributed by atoms with Gasteiger partial charge in [-0.1, -0.05) is 36.4 Å². The molecule has 1 aromatic carbocycles. The van der Waals surface area contributed by atoms with Crippen LogP contribution in [0.5, 0.6) is 0 Å². The first-order valence-electron chi connectivity index (χ1n) is 7.35. The Morgan fingerprint density at radius 2 is 2.22 bits per heavy atom. The van der Waals surface area contributed by atoms with Gasteiger partial charge in [0.2, 0.25) is 11.1 Å². The standard InChI is InChI=1S/C15H20ClN5OS/c1-4-5-13-19-20-15(21(13)17)23-10(3)14(22)18-12-8-11(16)7-6-9(12)2/h6-8,10H,4-5,17H2,1-3H3,(H,18,22)/t10-/m0/s1. The van der Waals surface area contributed by atoms with Crippen molar-refractivity contribution in [1.29, 1.82) is 0 Å². The van der Waals surface area contributed by atoms with E-state index in [1.807, 2.05) is 19.9 Å². The van der Waals surface area contributed by atoms with Crippen molar-refractivity contribution >= 4 is 35.0 Å². The Morgan fingerprint density at radius 3 is 2.91 bits per heavy atom. The smallest absolute Gasteiger partial charge is 0.237 e. The number of carbonyl (C=O) groups is 1. The van der Waals surface area contributed by atoms with Crippen LogP contribution in [0, 0.1) is 6.92 Å². The molecule has 1 heterocycles. The molecule has 23 heavy (non-hydrogen) atoms. The highest BCUT2D eigenvalue weighted by molar-refractivity contribution is 8.00. The second-order valence-electron chi connectivity index (χ2n) is 5.23. The Morgan fingerprint density at radius 1 is 1.48 bits per heavy atom. The predicted octanol–water partition coefficient (Wildman–Crippen LogP) is 3.03. The average Bonchev–Trinajstić information content (AvgIpc) is 2.84. The molecule has 0 aliphatic heterocycles. The lowest BCUT2D eigenvalue weighted by Gasteiger charge is -2.13. The fourth-order valence-corrected chi connectivity index (χ4v) is 2.92. The van der Waals surface area contributed by atoms with Gasteiger partial charge in [-0.3, -0.25) is 4.79 Å². The minimum Gasteiger partial charge on any atom is -0.336 e. The van der Waals surface area contributed by atoms with Gasteiger partial charge in [-0.25, -0.2) is 4.68 Å². The van der Waals surface area contributed by atoms with E-state index in [4.69, 9.17) is 17.4 Å². The molecule has 1 aromatic heterocycles. The molecule has 0 aliphatic carbocycles. The number of nitrogens with two attached hydrogens (primary N) is 1. The molecule has 3 N–H and O–H groups in total. The SMILES string of the molecule is CCCc1nnc(S[C@@H](C)C(=O)Nc2cc(Cl)ccc2C)n1N. The van der Waals surface area contributed by atoms with Gasteiger partial charge in [-0.2, -0.15) is 0 Å². The van der Waals surface area contributed by atoms with Gasteiger partial charge in [0, 0.05) is 17.1 Å². The molecule has 0 saturated heterocycles. The van der Waals surface area contributed by atoms with Crippen LogP contribution in [0.1, 0.15) is 31.7 Å². The van der Waals surface area contributed by atoms with Crippen LogP contribution in [-0.4, -0.2) is 26.0 Å². The molecule has 2 rings (SSSR count). The second kappa shape index (κ2) is 7.70. The number of amides is 1. The molecule has 124 valence electrons. The van der Waals surface area contributed by atoms with Crippen LogP contribution in [0.25, 0.3) is 0 Å². The second-order valence-corrected chi connectivity index (χ2v) is 6.97. The lowest BCUT2D eigenvalue weighted by Crippen LogP contribution is -2.24. The van der Waals surface area contributed by atoms with Crippen molar-refractivity contribution < 1.29 is 4.79 Å². The Balaban J connectivity index is 2.04. The number of nitrogens with zero attached hydrogens (tertiary/aromatic N) is 3. The number of rotatable bonds is 6. The van der Waals surface area contributed by atoms with E-state index in [1.165, 1.54) is 16.4 Å². The van der Waals surface area contributed by atoms with Gasteiger partial charge >= 0.3 is 0 Å². The maximum Gasteiger partial charge on any atom is 0.237 e. The Labute approximate surface area is 144 Å². The summed E-state index contributed by atoms with van der Waals surface area (Å²) < 4.78 is 1.45. The summed E-state index contributed by atoms with van der Waals surface area (Å²) in [6, 6.07) is 5.39. The molecule has 1 amide bonds. The van der Waals surface area contributed by atoms with Crippen LogP contribution in [-0.2, 0) is 11.2 Å². The molecule has 0 saturated carbocycles. The average molecular weight is 354 g/mol. The summed E-state index contributed by atoms with van der Waals surface area (Å²) in [5.41, 5.74) is 1.66. The summed E-state index contributed by atoms with van der Waals surface area (Å²) in [5.74, 6) is 6.53. The van der Waals surface area contributed by atoms with Gasteiger partial charge in [0.05, 0.1) is 5.25 Å². The lowest BCUT2D eigenvalue weighted by molar-refractivity contribution is -0.115. The van der Waals surface area contributed by atoms with Gasteiger partial charge in [-0.15, -0.1) is 10.2 Å². The molecule has 2 aromatic rings. The number of carbonyl (C=O) groups excluding carboxylic acids is 1. The molecular weight excluding hydrogens is 334 g/mol. The van der Waals surface area contributed by atoms with E-state index >= 15 is 0 Å². The van der Waals surface area contributed by atoms with Crippen molar-refractivity contribution in [3.05, 3.63) is 34.6 Å². The summed E-state index contributed by atoms with van der Waals surface area (Å²) in [6.45, 7) is 5.76. The third-order valence-corrected chi connectivity index (χ3v) is 4.61. The number of hydrogen-bond acceptors (Lipinski definition) is 5. The van der Waals surface area contributed by atoms with Crippen molar-refractivity contribution in [3.63, 3.8) is 0 Å². The summed E-state index contributed by atoms with van der Waals surface area (Å²) in [4.78, 5) is 12.4. The molecule has 0 unspecified atom stereocenters. The van der Waals surface area contributed by atoms with Crippen LogP contribution in [0.15, 0.2) is 23.4 Å². The molecule has 0 fully saturated rings. The highest BCUT2D eigenvalue weighted by Crippen LogP contribution is 2.24. The van der Waals surface area contributed by atoms with E-state index in [1.54, 1.807) is 19.1 Å². The van der Waals surface area contributed by atoms with Crippen LogP contribution >= 0.6 is 23.4 Å². The fourth-order valence-electron chi connectivity index (χ4n) is 1.96. The number of thioether (sulfide) groups is 1. The zero-order valence-electron chi connectivity index (χ0n) is 13.3. The fraction of sp³-hybridized carbons (Fsp3) is 0.400. The minimum atomic E-state index is -0.366. The van der Waals surface area contributed by atoms with Crippen molar-refractivity contribution in [2.24, 2.45) is 0 Å². The number of halogens is 1. The van der Waals surface area contributed by atoms with E-state index in [0.29, 0.717) is 21.7 Å². The highest BCUT2D eigenvalue weighted by Gasteiger charge is 2.19. The third-order valence-electron chi connectivity index (χ3n) is 3.32. The Hall–Kier alpha value is -1.73. The minimum absolute atomic E-state index is 0.139. The van der Waals surface area contributed by atoms with Crippen LogP contribution in [0.3, 0.4) is 0 Å². The number of aryl methyl sites for hydroxylation is 2. The zero-order valence-corrected chi connectivity index (χ0v) is 14.9. The monoisotopic (exact) mass is 353 g/mol. The van der Waals surface area contributed by atoms with Crippen LogP contribution in [0.4, 0.5) is 5.69 Å². The topological polar surface area (TPSA) is 85.8 Å². The number of nitrogen functional groups attached to an aromatic ring is 1. The molecule has 0 spiro atoms. The summed E-state index contributed by atoms with van der Waals surface area (Å²) >= 11 is 7.24. The van der Waals surface area contributed by atoms with Crippen molar-refractivity contribution in [2.45, 2.75) is 44.0 Å². The first-order chi connectivity index (χ1) is 10.9. The number of anilines is 1. The summed E-state index contributed by atoms with van der Waals surface area (Å²) in [6.07, 6.45) is 1.69. The molecule has 6 nitrogen and oxygen atoms in total. The van der Waals surface area contributed by atoms with Gasteiger partial charge in [0.1, 0.15) is 0 Å². The number of hydrogen-bond donors (Lipinski definition) is 2. The summed E-state index contributed by atoms with van der Waals surface area (Å²) in [7, 11) is 0. The molecular formula is C15H20ClN5OS. The maximum absolute atomic E-state index is 12.4. The molecule has 8 heteroatoms. The Bertz CT molecular complexity index is 703. The normalized spacial score (nSPS) is 12.2. The first-order valence-corrected chi connectivity index (χ1v) is 8.61. The maximum atomic E-state index is 12.4. The molecule has 0 aliphatic rings. The van der Waals surface area contributed by atoms with Crippen molar-refractivity contribution in [1.82, 2.24) is 14.9 Å². The highest BCUT2D eigenvalue weighted by atomic mass is 35.5. The van der Waals surface area contributed by atoms with E-state index in [0.717, 1.165) is 18.4 Å². The van der Waals surface area contributed by atoms with E-state index in [2.05, 4.69) is 15.5 Å². The number of aromatic nitrogens is 3. The van der Waals surface area contributed by atoms with Crippen molar-refractivity contribution in [3.8, 4) is 0 Å². The van der Waals surface area contributed by atoms with E-state index in [-0.39, 0.29) is 11.2 Å². The largest absolute Gasteiger partial charge is 0.336 e. The number of benzene rings is 1. The van der Waals surface area contributed by atoms with Crippen molar-refractivity contribution in [2.75, 3.05) is 11.2 Å². The zero-order chi connectivity index (χ0) is 17.0. The summed E-state index contributed by atoms with van der Waals surface area (Å²) in [5, 5.41) is 11.7. The molecule has 1 atom stereocenters. The van der Waals surface area contributed by atoms with Gasteiger partial charge in [0.25, 0.3) is 0 Å². The quantitative estimate of drug-likeness (QED) is 0.615. The first kappa shape index (κ1) is 17.6. The van der Waals surface area contributed by atoms with Gasteiger partial charge < -0.3 is 11.2 Å². The Kier molecular flexibility index (Phi) is 5.90. The lowest BCUT2D eigenvalue weighted by atomic mass is 10.2. The van der Waals surface area contributed by atoms with E-state index in [9.17, 15) is 4.79 Å². The van der Waals surface area contributed by atoms with Gasteiger partial charge in [-0.05, 0) is 38.0 Å².